The van der Waals surface area contributed by atoms with Crippen molar-refractivity contribution < 1.29 is 0 Å². The molecule has 7 aromatic rings. The third kappa shape index (κ3) is 15.2. The molecule has 0 saturated carbocycles. The van der Waals surface area contributed by atoms with E-state index in [2.05, 4.69) is 112 Å². The van der Waals surface area contributed by atoms with Crippen molar-refractivity contribution >= 4 is 113 Å². The van der Waals surface area contributed by atoms with Gasteiger partial charge >= 0.3 is 0 Å². The molecule has 0 aliphatic rings. The largest absolute Gasteiger partial charge is 0.398 e. The first-order valence-electron chi connectivity index (χ1n) is 18.9. The molecule has 60 heavy (non-hydrogen) atoms. The molecule has 13 heteroatoms. The molecule has 4 aromatic carbocycles. The lowest BCUT2D eigenvalue weighted by Crippen LogP contribution is -1.99. The minimum atomic E-state index is 0.592. The summed E-state index contributed by atoms with van der Waals surface area (Å²) in [5, 5.41) is 20.9. The average molecular weight is 1170 g/mol. The maximum Gasteiger partial charge on any atom is 0.125 e. The molecule has 0 bridgehead atoms. The number of nitrogens with zero attached hydrogens (tertiary/aromatic N) is 5. The van der Waals surface area contributed by atoms with Crippen molar-refractivity contribution in [2.75, 3.05) is 8.17 Å². The fraction of sp³-hybridized carbons (Fsp3) is 0.191. The fourth-order valence-corrected chi connectivity index (χ4v) is 7.08. The van der Waals surface area contributed by atoms with Crippen LogP contribution in [0.4, 0.5) is 5.69 Å². The van der Waals surface area contributed by atoms with Crippen LogP contribution in [0.5, 0.6) is 0 Å². The highest BCUT2D eigenvalue weighted by Gasteiger charge is 2.10. The molecule has 0 fully saturated rings. The lowest BCUT2D eigenvalue weighted by Gasteiger charge is -2.10. The smallest absolute Gasteiger partial charge is 0.125 e. The highest BCUT2D eigenvalue weighted by Crippen LogP contribution is 2.26. The van der Waals surface area contributed by atoms with Crippen LogP contribution in [0.3, 0.4) is 0 Å². The van der Waals surface area contributed by atoms with Crippen LogP contribution in [0, 0.1) is 22.7 Å². The predicted molar refractivity (Wildman–Crippen MR) is 276 cm³/mol. The lowest BCUT2D eigenvalue weighted by atomic mass is 10.1. The van der Waals surface area contributed by atoms with Gasteiger partial charge in [0.05, 0.1) is 13.8 Å². The van der Waals surface area contributed by atoms with E-state index in [-0.39, 0.29) is 0 Å². The van der Waals surface area contributed by atoms with Crippen molar-refractivity contribution in [2.45, 2.75) is 53.4 Å². The van der Waals surface area contributed by atoms with Crippen LogP contribution in [0.15, 0.2) is 132 Å². The van der Waals surface area contributed by atoms with Crippen LogP contribution in [-0.4, -0.2) is 16.1 Å². The van der Waals surface area contributed by atoms with Crippen LogP contribution in [0.25, 0.3) is 17.1 Å². The van der Waals surface area contributed by atoms with Crippen molar-refractivity contribution in [1.29, 1.82) is 10.5 Å². The molecule has 6 nitrogen and oxygen atoms in total. The van der Waals surface area contributed by atoms with Crippen LogP contribution in [0.2, 0.25) is 20.1 Å². The number of benzene rings is 4. The zero-order valence-corrected chi connectivity index (χ0v) is 42.5. The second-order valence-corrected chi connectivity index (χ2v) is 19.8. The Bertz CT molecular complexity index is 2500. The van der Waals surface area contributed by atoms with E-state index in [0.717, 1.165) is 63.4 Å². The number of nitriles is 2. The summed E-state index contributed by atoms with van der Waals surface area (Å²) in [7, 11) is 0. The highest BCUT2D eigenvalue weighted by molar-refractivity contribution is 14.2. The van der Waals surface area contributed by atoms with E-state index in [1.54, 1.807) is 18.2 Å². The van der Waals surface area contributed by atoms with Crippen LogP contribution in [-0.2, 0) is 25.7 Å². The van der Waals surface area contributed by atoms with Gasteiger partial charge in [-0.1, -0.05) is 144 Å². The number of anilines is 1. The standard InChI is InChI=1S/C13H10BrClN2.C13H11ClN2.C12H12ClN.C8H10ClN.CH2I2/c1-2-9-3-4-11(15)6-13(9)17-8-10(14)5-12(17)7-16;1-2-10-5-6-11(14)8-13(10)16-7-3-4-12(16)9-15;1-2-10-5-6-11(13)9-12(10)14-7-3-4-8-14;1-2-6-3-4-7(9)5-8(6)10;2-1-3/h3-6,8H,2H2,1H3;3-8H,2H2,1H3;3-9H,2H2,1H3;3-5H,2,10H2,1H3;1H2. The zero-order valence-electron chi connectivity index (χ0n) is 33.6. The SMILES string of the molecule is CCc1ccc(Cl)cc1-n1cc(Br)cc1C#N.CCc1ccc(Cl)cc1-n1cccc1.CCc1ccc(Cl)cc1-n1cccc1C#N.CCc1ccc(Cl)cc1N.ICI. The molecule has 3 heterocycles. The zero-order chi connectivity index (χ0) is 44.2. The Labute approximate surface area is 410 Å². The molecular weight excluding hydrogens is 1120 g/mol. The van der Waals surface area contributed by atoms with E-state index in [0.29, 0.717) is 26.5 Å². The molecule has 0 unspecified atom stereocenters. The number of nitrogen functional groups attached to an aromatic ring is 1. The Morgan fingerprint density at radius 2 is 0.967 bits per heavy atom. The summed E-state index contributed by atoms with van der Waals surface area (Å²) < 4.78 is 7.89. The molecule has 0 aliphatic carbocycles. The maximum absolute atomic E-state index is 9.10. The third-order valence-corrected chi connectivity index (χ3v) is 10.3. The Morgan fingerprint density at radius 3 is 1.42 bits per heavy atom. The molecule has 0 radical (unpaired) electrons. The summed E-state index contributed by atoms with van der Waals surface area (Å²) in [6, 6.07) is 36.9. The molecule has 3 aromatic heterocycles. The first-order valence-corrected chi connectivity index (χ1v) is 24.2. The Morgan fingerprint density at radius 1 is 0.550 bits per heavy atom. The second kappa shape index (κ2) is 26.8. The van der Waals surface area contributed by atoms with E-state index in [1.165, 1.54) is 19.2 Å². The molecule has 312 valence electrons. The first-order chi connectivity index (χ1) is 28.9. The van der Waals surface area contributed by atoms with Crippen molar-refractivity contribution in [3.05, 3.63) is 186 Å². The molecule has 0 atom stereocenters. The van der Waals surface area contributed by atoms with Gasteiger partial charge in [-0.05, 0) is 143 Å². The fourth-order valence-electron chi connectivity index (χ4n) is 5.98. The van der Waals surface area contributed by atoms with E-state index < -0.39 is 0 Å². The monoisotopic (exact) mass is 1170 g/mol. The van der Waals surface area contributed by atoms with Crippen molar-refractivity contribution in [1.82, 2.24) is 13.7 Å². The number of aromatic nitrogens is 3. The minimum absolute atomic E-state index is 0.592. The second-order valence-electron chi connectivity index (χ2n) is 12.7. The number of halogens is 7. The number of hydrogen-bond acceptors (Lipinski definition) is 3. The third-order valence-electron chi connectivity index (χ3n) is 8.94. The number of nitrogens with two attached hydrogens (primary N) is 1. The Balaban J connectivity index is 0.000000212. The van der Waals surface area contributed by atoms with Crippen LogP contribution >= 0.6 is 108 Å². The van der Waals surface area contributed by atoms with Crippen molar-refractivity contribution in [3.8, 4) is 29.2 Å². The number of rotatable bonds is 7. The Kier molecular flexibility index (Phi) is 22.8. The number of alkyl halides is 2. The summed E-state index contributed by atoms with van der Waals surface area (Å²) >= 11 is 31.6. The quantitative estimate of drug-likeness (QED) is 0.0980. The maximum atomic E-state index is 9.10. The van der Waals surface area contributed by atoms with Gasteiger partial charge < -0.3 is 19.4 Å². The first kappa shape index (κ1) is 51.0. The van der Waals surface area contributed by atoms with Gasteiger partial charge in [0.2, 0.25) is 0 Å². The Hall–Kier alpha value is -3.40. The van der Waals surface area contributed by atoms with Gasteiger partial charge in [0.15, 0.2) is 0 Å². The number of aryl methyl sites for hydroxylation is 4. The van der Waals surface area contributed by atoms with Crippen molar-refractivity contribution in [2.24, 2.45) is 0 Å². The van der Waals surface area contributed by atoms with Gasteiger partial charge in [-0.3, -0.25) is 0 Å². The van der Waals surface area contributed by atoms with E-state index in [9.17, 15) is 0 Å². The predicted octanol–water partition coefficient (Wildman–Crippen LogP) is 15.9. The molecule has 0 saturated heterocycles. The van der Waals surface area contributed by atoms with E-state index in [1.807, 2.05) is 113 Å². The average Bonchev–Trinajstić information content (AvgIpc) is 4.04. The summed E-state index contributed by atoms with van der Waals surface area (Å²) in [4.78, 5) is 0. The highest BCUT2D eigenvalue weighted by atomic mass is 127. The van der Waals surface area contributed by atoms with Crippen molar-refractivity contribution in [3.63, 3.8) is 0 Å². The van der Waals surface area contributed by atoms with Crippen LogP contribution in [0.1, 0.15) is 61.3 Å². The summed E-state index contributed by atoms with van der Waals surface area (Å²) in [5.41, 5.74) is 15.6. The van der Waals surface area contributed by atoms with Gasteiger partial charge in [-0.25, -0.2) is 0 Å². The van der Waals surface area contributed by atoms with Gasteiger partial charge in [-0.15, -0.1) is 0 Å². The summed E-state index contributed by atoms with van der Waals surface area (Å²) in [6.45, 7) is 8.38. The lowest BCUT2D eigenvalue weighted by molar-refractivity contribution is 0.999. The molecule has 0 spiro atoms. The summed E-state index contributed by atoms with van der Waals surface area (Å²) in [6.07, 6.45) is 11.6. The molecule has 2 N–H and O–H groups in total. The van der Waals surface area contributed by atoms with Gasteiger partial charge in [0.1, 0.15) is 23.5 Å². The van der Waals surface area contributed by atoms with Gasteiger partial charge in [0.25, 0.3) is 0 Å². The topological polar surface area (TPSA) is 88.4 Å². The van der Waals surface area contributed by atoms with Gasteiger partial charge in [-0.2, -0.15) is 10.5 Å². The summed E-state index contributed by atoms with van der Waals surface area (Å²) in [5.74, 6) is 0. The molecule has 0 aliphatic heterocycles. The normalized spacial score (nSPS) is 9.95. The number of hydrogen-bond donors (Lipinski definition) is 1. The molecule has 0 amide bonds. The molecule has 7 rings (SSSR count). The van der Waals surface area contributed by atoms with Crippen LogP contribution < -0.4 is 5.73 Å². The van der Waals surface area contributed by atoms with Gasteiger partial charge in [0, 0.05) is 60.7 Å². The van der Waals surface area contributed by atoms with E-state index >= 15 is 0 Å². The minimum Gasteiger partial charge on any atom is -0.398 e. The van der Waals surface area contributed by atoms with E-state index in [4.69, 9.17) is 62.7 Å². The molecular formula is C47H45BrCl4I2N6.